The molecule has 31 heavy (non-hydrogen) atoms. The van der Waals surface area contributed by atoms with Gasteiger partial charge >= 0.3 is 0 Å². The van der Waals surface area contributed by atoms with Gasteiger partial charge in [-0.05, 0) is 55.7 Å². The summed E-state index contributed by atoms with van der Waals surface area (Å²) in [4.78, 5) is 17.1. The number of rotatable bonds is 9. The third-order valence-corrected chi connectivity index (χ3v) is 7.09. The minimum Gasteiger partial charge on any atom is -0.487 e. The highest BCUT2D eigenvalue weighted by Gasteiger charge is 2.27. The Kier molecular flexibility index (Phi) is 6.35. The van der Waals surface area contributed by atoms with Gasteiger partial charge < -0.3 is 10.1 Å². The molecule has 0 aliphatic heterocycles. The van der Waals surface area contributed by atoms with Gasteiger partial charge in [0.1, 0.15) is 12.4 Å². The topological polar surface area (TPSA) is 97.4 Å². The first kappa shape index (κ1) is 21.5. The highest BCUT2D eigenvalue weighted by atomic mass is 32.2. The lowest BCUT2D eigenvalue weighted by molar-refractivity contribution is 0.0950. The Morgan fingerprint density at radius 2 is 1.97 bits per heavy atom. The molecular weight excluding hydrogens is 434 g/mol. The van der Waals surface area contributed by atoms with Gasteiger partial charge in [-0.3, -0.25) is 4.79 Å². The van der Waals surface area contributed by atoms with Crippen LogP contribution >= 0.6 is 11.3 Å². The first-order valence-corrected chi connectivity index (χ1v) is 12.3. The first-order chi connectivity index (χ1) is 14.9. The number of aryl methyl sites for hydroxylation is 1. The van der Waals surface area contributed by atoms with Gasteiger partial charge in [-0.25, -0.2) is 18.1 Å². The van der Waals surface area contributed by atoms with Crippen LogP contribution in [-0.2, 0) is 23.2 Å². The number of carbonyl (C=O) groups is 1. The SMILES string of the molecule is Cc1nc(COc2cccc(C(=O)NCc3ccc(S(=O)(=O)NC4CC4)cc3)c2)cs1. The summed E-state index contributed by atoms with van der Waals surface area (Å²) in [5.41, 5.74) is 2.15. The zero-order valence-corrected chi connectivity index (χ0v) is 18.6. The summed E-state index contributed by atoms with van der Waals surface area (Å²) in [6.45, 7) is 2.58. The quantitative estimate of drug-likeness (QED) is 0.513. The van der Waals surface area contributed by atoms with Gasteiger partial charge in [-0.2, -0.15) is 0 Å². The van der Waals surface area contributed by atoms with Gasteiger partial charge in [0.05, 0.1) is 15.6 Å². The van der Waals surface area contributed by atoms with Gasteiger partial charge in [0.25, 0.3) is 5.91 Å². The van der Waals surface area contributed by atoms with Crippen LogP contribution in [0.4, 0.5) is 0 Å². The number of nitrogens with one attached hydrogen (secondary N) is 2. The smallest absolute Gasteiger partial charge is 0.251 e. The Balaban J connectivity index is 1.32. The highest BCUT2D eigenvalue weighted by molar-refractivity contribution is 7.89. The predicted octanol–water partition coefficient (Wildman–Crippen LogP) is 3.40. The third kappa shape index (κ3) is 5.90. The summed E-state index contributed by atoms with van der Waals surface area (Å²) < 4.78 is 32.8. The van der Waals surface area contributed by atoms with E-state index in [0.29, 0.717) is 24.5 Å². The summed E-state index contributed by atoms with van der Waals surface area (Å²) in [5, 5.41) is 5.78. The van der Waals surface area contributed by atoms with E-state index in [2.05, 4.69) is 15.0 Å². The molecule has 1 aliphatic carbocycles. The molecule has 0 bridgehead atoms. The number of hydrogen-bond donors (Lipinski definition) is 2. The van der Waals surface area contributed by atoms with E-state index in [1.165, 1.54) is 0 Å². The van der Waals surface area contributed by atoms with Crippen LogP contribution in [0.25, 0.3) is 0 Å². The zero-order valence-electron chi connectivity index (χ0n) is 17.0. The number of amides is 1. The standard InChI is InChI=1S/C22H23N3O4S2/c1-15-24-19(14-30-15)13-29-20-4-2-3-17(11-20)22(26)23-12-16-5-9-21(10-6-16)31(27,28)25-18-7-8-18/h2-6,9-11,14,18,25H,7-8,12-13H2,1H3,(H,23,26). The van der Waals surface area contributed by atoms with Gasteiger partial charge in [0.15, 0.2) is 0 Å². The van der Waals surface area contributed by atoms with Crippen molar-refractivity contribution in [1.29, 1.82) is 0 Å². The van der Waals surface area contributed by atoms with Crippen molar-refractivity contribution in [2.75, 3.05) is 0 Å². The van der Waals surface area contributed by atoms with Crippen LogP contribution in [0, 0.1) is 6.92 Å². The minimum atomic E-state index is -3.47. The number of thiazole rings is 1. The Morgan fingerprint density at radius 3 is 2.65 bits per heavy atom. The number of sulfonamides is 1. The van der Waals surface area contributed by atoms with Crippen molar-refractivity contribution in [3.63, 3.8) is 0 Å². The van der Waals surface area contributed by atoms with Crippen molar-refractivity contribution in [3.05, 3.63) is 75.7 Å². The maximum absolute atomic E-state index is 12.5. The lowest BCUT2D eigenvalue weighted by Gasteiger charge is -2.09. The van der Waals surface area contributed by atoms with E-state index >= 15 is 0 Å². The molecule has 1 aromatic heterocycles. The molecule has 2 aromatic carbocycles. The summed E-state index contributed by atoms with van der Waals surface area (Å²) in [7, 11) is -3.47. The molecule has 1 heterocycles. The maximum Gasteiger partial charge on any atom is 0.251 e. The van der Waals surface area contributed by atoms with E-state index in [9.17, 15) is 13.2 Å². The van der Waals surface area contributed by atoms with E-state index in [0.717, 1.165) is 29.1 Å². The fourth-order valence-corrected chi connectivity index (χ4v) is 4.82. The number of aromatic nitrogens is 1. The number of nitrogens with zero attached hydrogens (tertiary/aromatic N) is 1. The van der Waals surface area contributed by atoms with Gasteiger partial charge in [-0.1, -0.05) is 18.2 Å². The van der Waals surface area contributed by atoms with Crippen LogP contribution in [0.2, 0.25) is 0 Å². The zero-order chi connectivity index (χ0) is 21.8. The Morgan fingerprint density at radius 1 is 1.19 bits per heavy atom. The number of hydrogen-bond acceptors (Lipinski definition) is 6. The molecule has 1 aliphatic rings. The number of benzene rings is 2. The van der Waals surface area contributed by atoms with Crippen molar-refractivity contribution < 1.29 is 17.9 Å². The average molecular weight is 458 g/mol. The van der Waals surface area contributed by atoms with E-state index in [4.69, 9.17) is 4.74 Å². The Hall–Kier alpha value is -2.75. The van der Waals surface area contributed by atoms with Crippen LogP contribution in [0.15, 0.2) is 58.8 Å². The van der Waals surface area contributed by atoms with Crippen LogP contribution in [0.1, 0.15) is 39.5 Å². The molecule has 162 valence electrons. The number of ether oxygens (including phenoxy) is 1. The Labute approximate surface area is 185 Å². The van der Waals surface area contributed by atoms with Crippen LogP contribution < -0.4 is 14.8 Å². The lowest BCUT2D eigenvalue weighted by Crippen LogP contribution is -2.26. The van der Waals surface area contributed by atoms with Crippen LogP contribution in [0.3, 0.4) is 0 Å². The molecule has 1 amide bonds. The highest BCUT2D eigenvalue weighted by Crippen LogP contribution is 2.22. The lowest BCUT2D eigenvalue weighted by atomic mass is 10.2. The summed E-state index contributed by atoms with van der Waals surface area (Å²) in [6.07, 6.45) is 1.78. The molecule has 1 fully saturated rings. The van der Waals surface area contributed by atoms with Crippen molar-refractivity contribution >= 4 is 27.3 Å². The van der Waals surface area contributed by atoms with Crippen molar-refractivity contribution in [2.24, 2.45) is 0 Å². The molecule has 2 N–H and O–H groups in total. The summed E-state index contributed by atoms with van der Waals surface area (Å²) >= 11 is 1.57. The van der Waals surface area contributed by atoms with E-state index in [1.54, 1.807) is 59.9 Å². The van der Waals surface area contributed by atoms with Crippen molar-refractivity contribution in [3.8, 4) is 5.75 Å². The summed E-state index contributed by atoms with van der Waals surface area (Å²) in [5.74, 6) is 0.359. The molecule has 0 atom stereocenters. The normalized spacial score (nSPS) is 13.7. The molecule has 4 rings (SSSR count). The monoisotopic (exact) mass is 457 g/mol. The van der Waals surface area contributed by atoms with Crippen LogP contribution in [-0.4, -0.2) is 25.4 Å². The van der Waals surface area contributed by atoms with Gasteiger partial charge in [-0.15, -0.1) is 11.3 Å². The van der Waals surface area contributed by atoms with E-state index < -0.39 is 10.0 Å². The fourth-order valence-electron chi connectivity index (χ4n) is 2.92. The molecule has 3 aromatic rings. The van der Waals surface area contributed by atoms with Gasteiger partial charge in [0, 0.05) is 23.5 Å². The second kappa shape index (κ2) is 9.17. The van der Waals surface area contributed by atoms with Crippen molar-refractivity contribution in [2.45, 2.75) is 43.9 Å². The average Bonchev–Trinajstić information content (AvgIpc) is 3.47. The maximum atomic E-state index is 12.5. The largest absolute Gasteiger partial charge is 0.487 e. The molecule has 0 spiro atoms. The molecular formula is C22H23N3O4S2. The van der Waals surface area contributed by atoms with Gasteiger partial charge in [0.2, 0.25) is 10.0 Å². The minimum absolute atomic E-state index is 0.0642. The third-order valence-electron chi connectivity index (χ3n) is 4.74. The second-order valence-corrected chi connectivity index (χ2v) is 10.2. The predicted molar refractivity (Wildman–Crippen MR) is 119 cm³/mol. The van der Waals surface area contributed by atoms with E-state index in [-0.39, 0.29) is 16.8 Å². The molecule has 9 heteroatoms. The summed E-state index contributed by atoms with van der Waals surface area (Å²) in [6, 6.07) is 13.6. The first-order valence-electron chi connectivity index (χ1n) is 9.92. The molecule has 0 saturated heterocycles. The molecule has 0 unspecified atom stereocenters. The second-order valence-electron chi connectivity index (χ2n) is 7.40. The Bertz CT molecular complexity index is 1170. The number of carbonyl (C=O) groups excluding carboxylic acids is 1. The molecule has 0 radical (unpaired) electrons. The van der Waals surface area contributed by atoms with Crippen molar-refractivity contribution in [1.82, 2.24) is 15.0 Å². The van der Waals surface area contributed by atoms with Crippen LogP contribution in [0.5, 0.6) is 5.75 Å². The fraction of sp³-hybridized carbons (Fsp3) is 0.273. The molecule has 7 nitrogen and oxygen atoms in total. The van der Waals surface area contributed by atoms with E-state index in [1.807, 2.05) is 12.3 Å². The molecule has 1 saturated carbocycles.